The van der Waals surface area contributed by atoms with E-state index in [0.29, 0.717) is 11.2 Å². The number of benzene rings is 2. The van der Waals surface area contributed by atoms with Crippen molar-refractivity contribution in [3.63, 3.8) is 0 Å². The summed E-state index contributed by atoms with van der Waals surface area (Å²) in [6.07, 6.45) is 0.886. The number of rotatable bonds is 8. The van der Waals surface area contributed by atoms with Crippen LogP contribution in [0.25, 0.3) is 0 Å². The molecule has 0 fully saturated rings. The van der Waals surface area contributed by atoms with Crippen LogP contribution in [0.4, 0.5) is 0 Å². The number of ether oxygens (including phenoxy) is 1. The summed E-state index contributed by atoms with van der Waals surface area (Å²) in [6, 6.07) is 15.7. The van der Waals surface area contributed by atoms with Gasteiger partial charge in [-0.15, -0.1) is 11.8 Å². The average Bonchev–Trinajstić information content (AvgIpc) is 2.60. The molecule has 1 atom stereocenters. The minimum Gasteiger partial charge on any atom is -0.497 e. The first-order valence-electron chi connectivity index (χ1n) is 9.11. The van der Waals surface area contributed by atoms with E-state index >= 15 is 0 Å². The molecule has 0 radical (unpaired) electrons. The van der Waals surface area contributed by atoms with Gasteiger partial charge < -0.3 is 10.1 Å². The Morgan fingerprint density at radius 2 is 1.69 bits per heavy atom. The standard InChI is InChI=1S/C22H29NO2S/c1-15(2)14-20(17-10-12-18(25-5)13-11-17)23-22(24)19-8-6-7-9-21(19)26-16(3)4/h6-13,15-16,20H,14H2,1-5H3,(H,23,24)/t20-/m1/s1. The molecule has 0 aliphatic rings. The molecule has 2 aromatic carbocycles. The summed E-state index contributed by atoms with van der Waals surface area (Å²) in [4.78, 5) is 14.0. The van der Waals surface area contributed by atoms with Crippen LogP contribution < -0.4 is 10.1 Å². The van der Waals surface area contributed by atoms with Crippen molar-refractivity contribution in [1.29, 1.82) is 0 Å². The zero-order valence-corrected chi connectivity index (χ0v) is 17.1. The van der Waals surface area contributed by atoms with E-state index in [1.54, 1.807) is 18.9 Å². The highest BCUT2D eigenvalue weighted by Gasteiger charge is 2.19. The van der Waals surface area contributed by atoms with Gasteiger partial charge in [-0.2, -0.15) is 0 Å². The van der Waals surface area contributed by atoms with Crippen molar-refractivity contribution in [2.75, 3.05) is 7.11 Å². The number of thioether (sulfide) groups is 1. The fourth-order valence-corrected chi connectivity index (χ4v) is 3.79. The van der Waals surface area contributed by atoms with Crippen molar-refractivity contribution in [3.05, 3.63) is 59.7 Å². The van der Waals surface area contributed by atoms with Gasteiger partial charge in [-0.25, -0.2) is 0 Å². The Labute approximate surface area is 161 Å². The second-order valence-corrected chi connectivity index (χ2v) is 8.71. The second kappa shape index (κ2) is 9.67. The summed E-state index contributed by atoms with van der Waals surface area (Å²) < 4.78 is 5.24. The van der Waals surface area contributed by atoms with Crippen LogP contribution in [-0.2, 0) is 0 Å². The predicted molar refractivity (Wildman–Crippen MR) is 110 cm³/mol. The van der Waals surface area contributed by atoms with Gasteiger partial charge in [0, 0.05) is 10.1 Å². The van der Waals surface area contributed by atoms with Crippen molar-refractivity contribution in [2.24, 2.45) is 5.92 Å². The van der Waals surface area contributed by atoms with E-state index < -0.39 is 0 Å². The van der Waals surface area contributed by atoms with E-state index in [-0.39, 0.29) is 11.9 Å². The van der Waals surface area contributed by atoms with E-state index in [1.165, 1.54) is 0 Å². The van der Waals surface area contributed by atoms with Crippen LogP contribution in [0.2, 0.25) is 0 Å². The molecule has 0 heterocycles. The van der Waals surface area contributed by atoms with Crippen molar-refractivity contribution >= 4 is 17.7 Å². The molecule has 0 aliphatic heterocycles. The lowest BCUT2D eigenvalue weighted by atomic mass is 9.96. The number of nitrogens with one attached hydrogen (secondary N) is 1. The lowest BCUT2D eigenvalue weighted by molar-refractivity contribution is 0.0929. The lowest BCUT2D eigenvalue weighted by Gasteiger charge is -2.22. The number of hydrogen-bond donors (Lipinski definition) is 1. The highest BCUT2D eigenvalue weighted by Crippen LogP contribution is 2.28. The average molecular weight is 372 g/mol. The molecule has 4 heteroatoms. The summed E-state index contributed by atoms with van der Waals surface area (Å²) in [6.45, 7) is 8.62. The Kier molecular flexibility index (Phi) is 7.58. The molecule has 0 saturated heterocycles. The Hall–Kier alpha value is -1.94. The minimum atomic E-state index is -0.0227. The first-order valence-corrected chi connectivity index (χ1v) is 9.99. The van der Waals surface area contributed by atoms with Crippen LogP contribution in [0.15, 0.2) is 53.4 Å². The van der Waals surface area contributed by atoms with Gasteiger partial charge in [0.05, 0.1) is 18.7 Å². The predicted octanol–water partition coefficient (Wildman–Crippen LogP) is 5.71. The molecule has 0 unspecified atom stereocenters. The van der Waals surface area contributed by atoms with Gasteiger partial charge in [0.2, 0.25) is 0 Å². The smallest absolute Gasteiger partial charge is 0.252 e. The van der Waals surface area contributed by atoms with Crippen molar-refractivity contribution < 1.29 is 9.53 Å². The molecule has 2 rings (SSSR count). The normalized spacial score (nSPS) is 12.3. The topological polar surface area (TPSA) is 38.3 Å². The third-order valence-electron chi connectivity index (χ3n) is 4.02. The molecular weight excluding hydrogens is 342 g/mol. The fourth-order valence-electron chi connectivity index (χ4n) is 2.83. The van der Waals surface area contributed by atoms with Gasteiger partial charge in [-0.05, 0) is 42.2 Å². The van der Waals surface area contributed by atoms with Gasteiger partial charge in [0.25, 0.3) is 5.91 Å². The number of hydrogen-bond acceptors (Lipinski definition) is 3. The minimum absolute atomic E-state index is 0.0183. The molecule has 0 aliphatic carbocycles. The number of methoxy groups -OCH3 is 1. The molecule has 0 spiro atoms. The molecule has 0 saturated carbocycles. The van der Waals surface area contributed by atoms with Crippen LogP contribution in [-0.4, -0.2) is 18.3 Å². The van der Waals surface area contributed by atoms with E-state index in [9.17, 15) is 4.79 Å². The molecule has 2 aromatic rings. The number of carbonyl (C=O) groups excluding carboxylic acids is 1. The van der Waals surface area contributed by atoms with Crippen LogP contribution >= 0.6 is 11.8 Å². The third-order valence-corrected chi connectivity index (χ3v) is 5.11. The van der Waals surface area contributed by atoms with Crippen LogP contribution in [0.3, 0.4) is 0 Å². The van der Waals surface area contributed by atoms with E-state index in [1.807, 2.05) is 48.5 Å². The zero-order chi connectivity index (χ0) is 19.1. The summed E-state index contributed by atoms with van der Waals surface area (Å²) in [5.74, 6) is 1.28. The SMILES string of the molecule is COc1ccc([C@@H](CC(C)C)NC(=O)c2ccccc2SC(C)C)cc1. The lowest BCUT2D eigenvalue weighted by Crippen LogP contribution is -2.30. The van der Waals surface area contributed by atoms with Crippen LogP contribution in [0.1, 0.15) is 56.1 Å². The molecule has 26 heavy (non-hydrogen) atoms. The van der Waals surface area contributed by atoms with E-state index in [4.69, 9.17) is 4.74 Å². The Morgan fingerprint density at radius 3 is 2.27 bits per heavy atom. The summed E-state index contributed by atoms with van der Waals surface area (Å²) in [5, 5.41) is 3.67. The molecule has 0 bridgehead atoms. The van der Waals surface area contributed by atoms with Gasteiger partial charge >= 0.3 is 0 Å². The monoisotopic (exact) mass is 371 g/mol. The molecule has 140 valence electrons. The number of amides is 1. The van der Waals surface area contributed by atoms with E-state index in [2.05, 4.69) is 33.0 Å². The second-order valence-electron chi connectivity index (χ2n) is 7.09. The Morgan fingerprint density at radius 1 is 1.04 bits per heavy atom. The maximum Gasteiger partial charge on any atom is 0.252 e. The van der Waals surface area contributed by atoms with Crippen LogP contribution in [0, 0.1) is 5.92 Å². The molecule has 1 N–H and O–H groups in total. The van der Waals surface area contributed by atoms with Gasteiger partial charge in [0.1, 0.15) is 5.75 Å². The highest BCUT2D eigenvalue weighted by atomic mass is 32.2. The first-order chi connectivity index (χ1) is 12.4. The van der Waals surface area contributed by atoms with E-state index in [0.717, 1.165) is 28.2 Å². The highest BCUT2D eigenvalue weighted by molar-refractivity contribution is 8.00. The first kappa shape index (κ1) is 20.4. The maximum absolute atomic E-state index is 13.0. The third kappa shape index (κ3) is 5.80. The number of carbonyl (C=O) groups is 1. The van der Waals surface area contributed by atoms with Crippen molar-refractivity contribution in [1.82, 2.24) is 5.32 Å². The van der Waals surface area contributed by atoms with Gasteiger partial charge in [-0.3, -0.25) is 4.79 Å². The Balaban J connectivity index is 2.23. The quantitative estimate of drug-likeness (QED) is 0.604. The largest absolute Gasteiger partial charge is 0.497 e. The van der Waals surface area contributed by atoms with Gasteiger partial charge in [-0.1, -0.05) is 52.0 Å². The maximum atomic E-state index is 13.0. The molecular formula is C22H29NO2S. The van der Waals surface area contributed by atoms with Crippen molar-refractivity contribution in [2.45, 2.75) is 50.3 Å². The Bertz CT molecular complexity index is 710. The molecule has 3 nitrogen and oxygen atoms in total. The van der Waals surface area contributed by atoms with Crippen LogP contribution in [0.5, 0.6) is 5.75 Å². The van der Waals surface area contributed by atoms with Crippen molar-refractivity contribution in [3.8, 4) is 5.75 Å². The summed E-state index contributed by atoms with van der Waals surface area (Å²) in [5.41, 5.74) is 1.84. The van der Waals surface area contributed by atoms with Gasteiger partial charge in [0.15, 0.2) is 0 Å². The molecule has 0 aromatic heterocycles. The summed E-state index contributed by atoms with van der Waals surface area (Å²) in [7, 11) is 1.66. The molecule has 1 amide bonds. The summed E-state index contributed by atoms with van der Waals surface area (Å²) >= 11 is 1.72. The fraction of sp³-hybridized carbons (Fsp3) is 0.409. The zero-order valence-electron chi connectivity index (χ0n) is 16.3.